The normalized spacial score (nSPS) is 61.8. The fourth-order valence-corrected chi connectivity index (χ4v) is 4.89. The molecule has 5 aliphatic rings. The lowest BCUT2D eigenvalue weighted by molar-refractivity contribution is -0.571. The second-order valence-corrected chi connectivity index (χ2v) is 7.52. The highest BCUT2D eigenvalue weighted by atomic mass is 17.3. The molecule has 0 aromatic carbocycles. The first-order valence-electron chi connectivity index (χ1n) is 7.76. The Morgan fingerprint density at radius 3 is 2.70 bits per heavy atom. The van der Waals surface area contributed by atoms with Gasteiger partial charge in [0, 0.05) is 12.3 Å². The van der Waals surface area contributed by atoms with Gasteiger partial charge in [0.05, 0.1) is 12.2 Å². The topological polar surface area (TPSA) is 57.2 Å². The molecule has 0 aromatic heterocycles. The van der Waals surface area contributed by atoms with Gasteiger partial charge in [0.25, 0.3) is 0 Å². The summed E-state index contributed by atoms with van der Waals surface area (Å²) in [4.78, 5) is 11.6. The maximum absolute atomic E-state index is 10.8. The van der Waals surface area contributed by atoms with E-state index in [-0.39, 0.29) is 5.92 Å². The van der Waals surface area contributed by atoms with Crippen LogP contribution in [-0.4, -0.2) is 35.0 Å². The summed E-state index contributed by atoms with van der Waals surface area (Å²) in [6.07, 6.45) is 3.40. The average Bonchev–Trinajstić information content (AvgIpc) is 2.61. The van der Waals surface area contributed by atoms with E-state index >= 15 is 0 Å². The van der Waals surface area contributed by atoms with Crippen LogP contribution >= 0.6 is 0 Å². The third-order valence-corrected chi connectivity index (χ3v) is 6.00. The van der Waals surface area contributed by atoms with E-state index in [1.807, 2.05) is 13.8 Å². The number of aliphatic hydroxyl groups is 1. The number of hydrogen-bond donors (Lipinski definition) is 1. The Morgan fingerprint density at radius 1 is 1.10 bits per heavy atom. The van der Waals surface area contributed by atoms with Crippen LogP contribution in [0.15, 0.2) is 0 Å². The van der Waals surface area contributed by atoms with Crippen molar-refractivity contribution in [1.82, 2.24) is 0 Å². The Morgan fingerprint density at radius 2 is 1.90 bits per heavy atom. The van der Waals surface area contributed by atoms with Gasteiger partial charge in [-0.15, -0.1) is 0 Å². The molecule has 4 aliphatic heterocycles. The van der Waals surface area contributed by atoms with Crippen molar-refractivity contribution in [3.05, 3.63) is 0 Å². The molecule has 0 radical (unpaired) electrons. The zero-order valence-corrected chi connectivity index (χ0v) is 12.4. The van der Waals surface area contributed by atoms with E-state index < -0.39 is 23.3 Å². The maximum Gasteiger partial charge on any atom is 0.201 e. The van der Waals surface area contributed by atoms with Gasteiger partial charge in [0.2, 0.25) is 5.79 Å². The standard InChI is InChI=1S/C15H24O5/c1-9-4-5-11-13(2,16)8-17-12-15(11)10(9)6-7-14(3,18-12)19-20-15/h9-12,16H,4-8H2,1-3H3/t9-,10+,11?,12-,13-,14-,15-/m1/s1. The number of rotatable bonds is 0. The summed E-state index contributed by atoms with van der Waals surface area (Å²) in [5, 5.41) is 10.8. The van der Waals surface area contributed by atoms with Gasteiger partial charge in [-0.1, -0.05) is 6.92 Å². The van der Waals surface area contributed by atoms with E-state index in [9.17, 15) is 5.11 Å². The predicted octanol–water partition coefficient (Wildman–Crippen LogP) is 1.98. The third-order valence-electron chi connectivity index (χ3n) is 6.00. The van der Waals surface area contributed by atoms with Gasteiger partial charge in [-0.05, 0) is 44.9 Å². The largest absolute Gasteiger partial charge is 0.387 e. The zero-order chi connectivity index (χ0) is 14.2. The minimum Gasteiger partial charge on any atom is -0.387 e. The van der Waals surface area contributed by atoms with Crippen LogP contribution in [0.1, 0.15) is 46.5 Å². The van der Waals surface area contributed by atoms with Crippen molar-refractivity contribution in [3.63, 3.8) is 0 Å². The molecule has 4 heterocycles. The molecule has 20 heavy (non-hydrogen) atoms. The van der Waals surface area contributed by atoms with Gasteiger partial charge in [-0.25, -0.2) is 9.78 Å². The third kappa shape index (κ3) is 1.56. The SMILES string of the molecule is C[C@@H]1CCC2[C@]34OO[C@](C)(CC[C@@H]13)O[C@H]4OC[C@@]2(C)O. The molecule has 1 unspecified atom stereocenters. The highest BCUT2D eigenvalue weighted by Crippen LogP contribution is 2.60. The monoisotopic (exact) mass is 284 g/mol. The number of fused-ring (bicyclic) bond motifs is 2. The van der Waals surface area contributed by atoms with E-state index in [1.165, 1.54) is 0 Å². The molecule has 0 aromatic rings. The van der Waals surface area contributed by atoms with E-state index in [0.29, 0.717) is 18.4 Å². The first-order chi connectivity index (χ1) is 9.37. The minimum atomic E-state index is -0.889. The Kier molecular flexibility index (Phi) is 2.66. The van der Waals surface area contributed by atoms with Crippen molar-refractivity contribution in [1.29, 1.82) is 0 Å². The Hall–Kier alpha value is -0.200. The van der Waals surface area contributed by atoms with Gasteiger partial charge in [0.1, 0.15) is 0 Å². The lowest BCUT2D eigenvalue weighted by atomic mass is 9.57. The Balaban J connectivity index is 1.83. The van der Waals surface area contributed by atoms with Crippen molar-refractivity contribution in [2.24, 2.45) is 17.8 Å². The van der Waals surface area contributed by atoms with E-state index in [4.69, 9.17) is 19.2 Å². The fourth-order valence-electron chi connectivity index (χ4n) is 4.89. The molecular weight excluding hydrogens is 260 g/mol. The van der Waals surface area contributed by atoms with Crippen LogP contribution in [0.2, 0.25) is 0 Å². The zero-order valence-electron chi connectivity index (χ0n) is 12.4. The summed E-state index contributed by atoms with van der Waals surface area (Å²) < 4.78 is 12.0. The summed E-state index contributed by atoms with van der Waals surface area (Å²) in [5.41, 5.74) is -1.55. The molecule has 1 N–H and O–H groups in total. The van der Waals surface area contributed by atoms with Crippen molar-refractivity contribution in [2.45, 2.75) is 69.7 Å². The van der Waals surface area contributed by atoms with E-state index in [2.05, 4.69) is 6.92 Å². The van der Waals surface area contributed by atoms with Crippen molar-refractivity contribution in [3.8, 4) is 0 Å². The van der Waals surface area contributed by atoms with E-state index in [1.54, 1.807) is 0 Å². The Bertz CT molecular complexity index is 424. The molecular formula is C15H24O5. The summed E-state index contributed by atoms with van der Waals surface area (Å²) in [6.45, 7) is 6.32. The summed E-state index contributed by atoms with van der Waals surface area (Å²) in [6, 6.07) is 0. The molecule has 2 bridgehead atoms. The molecule has 4 saturated heterocycles. The smallest absolute Gasteiger partial charge is 0.201 e. The van der Waals surface area contributed by atoms with Gasteiger partial charge >= 0.3 is 0 Å². The van der Waals surface area contributed by atoms with Crippen molar-refractivity contribution >= 4 is 0 Å². The van der Waals surface area contributed by atoms with Crippen molar-refractivity contribution in [2.75, 3.05) is 6.61 Å². The fraction of sp³-hybridized carbons (Fsp3) is 1.00. The van der Waals surface area contributed by atoms with Crippen LogP contribution in [0.3, 0.4) is 0 Å². The highest BCUT2D eigenvalue weighted by molar-refractivity contribution is 5.12. The second kappa shape index (κ2) is 3.96. The molecule has 1 spiro atoms. The number of ether oxygens (including phenoxy) is 2. The quantitative estimate of drug-likeness (QED) is 0.689. The molecule has 114 valence electrons. The molecule has 5 fully saturated rings. The van der Waals surface area contributed by atoms with Gasteiger partial charge in [-0.2, -0.15) is 0 Å². The number of hydrogen-bond acceptors (Lipinski definition) is 5. The molecule has 1 saturated carbocycles. The van der Waals surface area contributed by atoms with Crippen LogP contribution in [0.25, 0.3) is 0 Å². The lowest BCUT2D eigenvalue weighted by Gasteiger charge is -2.60. The first-order valence-corrected chi connectivity index (χ1v) is 7.76. The van der Waals surface area contributed by atoms with Crippen LogP contribution < -0.4 is 0 Å². The second-order valence-electron chi connectivity index (χ2n) is 7.52. The van der Waals surface area contributed by atoms with Gasteiger partial charge < -0.3 is 14.6 Å². The molecule has 7 atom stereocenters. The van der Waals surface area contributed by atoms with Gasteiger partial charge in [-0.3, -0.25) is 0 Å². The van der Waals surface area contributed by atoms with Crippen LogP contribution in [0.4, 0.5) is 0 Å². The summed E-state index contributed by atoms with van der Waals surface area (Å²) in [5.74, 6) is 0.111. The van der Waals surface area contributed by atoms with Crippen molar-refractivity contribution < 1.29 is 24.4 Å². The molecule has 5 heteroatoms. The minimum absolute atomic E-state index is 0.00222. The summed E-state index contributed by atoms with van der Waals surface area (Å²) in [7, 11) is 0. The average molecular weight is 284 g/mol. The molecule has 5 rings (SSSR count). The predicted molar refractivity (Wildman–Crippen MR) is 69.4 cm³/mol. The molecule has 0 amide bonds. The maximum atomic E-state index is 10.8. The van der Waals surface area contributed by atoms with Crippen LogP contribution in [0, 0.1) is 17.8 Å². The Labute approximate surface area is 119 Å². The highest BCUT2D eigenvalue weighted by Gasteiger charge is 2.70. The molecule has 5 nitrogen and oxygen atoms in total. The summed E-state index contributed by atoms with van der Waals surface area (Å²) >= 11 is 0. The van der Waals surface area contributed by atoms with E-state index in [0.717, 1.165) is 25.7 Å². The molecule has 1 aliphatic carbocycles. The first kappa shape index (κ1) is 13.5. The lowest BCUT2D eigenvalue weighted by Crippen LogP contribution is -2.73. The van der Waals surface area contributed by atoms with Crippen LogP contribution in [-0.2, 0) is 19.2 Å². The van der Waals surface area contributed by atoms with Gasteiger partial charge in [0.15, 0.2) is 11.9 Å². The van der Waals surface area contributed by atoms with Crippen LogP contribution in [0.5, 0.6) is 0 Å².